The van der Waals surface area contributed by atoms with Crippen molar-refractivity contribution in [3.8, 4) is 0 Å². The summed E-state index contributed by atoms with van der Waals surface area (Å²) in [5.41, 5.74) is -0.614. The Kier molecular flexibility index (Phi) is 7.58. The molecule has 0 bridgehead atoms. The second-order valence-corrected chi connectivity index (χ2v) is 13.4. The molecule has 1 aliphatic heterocycles. The molecule has 0 spiro atoms. The average molecular weight is 513 g/mol. The number of nitrogens with one attached hydrogen (secondary N) is 1. The van der Waals surface area contributed by atoms with Gasteiger partial charge in [0, 0.05) is 18.0 Å². The summed E-state index contributed by atoms with van der Waals surface area (Å²) in [4.78, 5) is 24.6. The maximum atomic E-state index is 18.3. The van der Waals surface area contributed by atoms with Gasteiger partial charge in [-0.2, -0.15) is 0 Å². The zero-order chi connectivity index (χ0) is 28.4. The van der Waals surface area contributed by atoms with E-state index in [0.29, 0.717) is 12.4 Å². The predicted octanol–water partition coefficient (Wildman–Crippen LogP) is -6.94. The molecule has 0 aliphatic carbocycles. The molecular formula is C19H31B10ClF2N4O. The fourth-order valence-corrected chi connectivity index (χ4v) is 6.82. The Morgan fingerprint density at radius 1 is 1.03 bits per heavy atom. The van der Waals surface area contributed by atoms with Gasteiger partial charge in [0.05, 0.1) is 17.2 Å². The van der Waals surface area contributed by atoms with Gasteiger partial charge in [0.25, 0.3) is 5.91 Å². The van der Waals surface area contributed by atoms with Crippen LogP contribution in [0.4, 0.5) is 8.78 Å². The fourth-order valence-electron chi connectivity index (χ4n) is 6.64. The SMILES string of the molecule is BC(B)(NCc1ncc(C)cn1)C1(F)C(B)(B)C(B)(B)N(C(=O)c2ccc(F)c(Cl)c2)C(B)(B)C1(B)B. The molecule has 1 aromatic carbocycles. The molecule has 0 radical (unpaired) electrons. The monoisotopic (exact) mass is 514 g/mol. The summed E-state index contributed by atoms with van der Waals surface area (Å²) in [6.07, 6.45) is 3.49. The number of aromatic nitrogens is 2. The van der Waals surface area contributed by atoms with Crippen LogP contribution in [-0.4, -0.2) is 121 Å². The summed E-state index contributed by atoms with van der Waals surface area (Å²) in [5.74, 6) is -0.333. The first-order valence-electron chi connectivity index (χ1n) is 12.7. The zero-order valence-corrected chi connectivity index (χ0v) is 24.7. The van der Waals surface area contributed by atoms with Crippen molar-refractivity contribution < 1.29 is 13.6 Å². The highest BCUT2D eigenvalue weighted by Crippen LogP contribution is 2.67. The van der Waals surface area contributed by atoms with Crippen molar-refractivity contribution in [2.24, 2.45) is 0 Å². The molecule has 1 N–H and O–H groups in total. The number of alkyl halides is 1. The molecule has 1 fully saturated rings. The standard InChI is InChI=1S/C19H31B10ClF2N4O/c1-8-5-33-12(34-6-8)7-35-17(24,25)14(32)15(20,21)18(26,27)36(19(28,29)16(14,22)23)13(37)9-2-3-11(31)10(30)4-9/h2-6,35H,7,20-29H2,1H3. The largest absolute Gasteiger partial charge is 0.361 e. The minimum Gasteiger partial charge on any atom is -0.361 e. The summed E-state index contributed by atoms with van der Waals surface area (Å²) in [5, 5.41) is -1.78. The van der Waals surface area contributed by atoms with Crippen LogP contribution in [0.1, 0.15) is 21.7 Å². The minimum absolute atomic E-state index is 0.125. The highest BCUT2D eigenvalue weighted by atomic mass is 35.5. The highest BCUT2D eigenvalue weighted by Gasteiger charge is 2.75. The van der Waals surface area contributed by atoms with E-state index in [1.165, 1.54) is 18.2 Å². The average Bonchev–Trinajstić information content (AvgIpc) is 2.78. The molecule has 1 amide bonds. The quantitative estimate of drug-likeness (QED) is 0.405. The van der Waals surface area contributed by atoms with Crippen LogP contribution in [0.25, 0.3) is 0 Å². The molecule has 5 nitrogen and oxygen atoms in total. The molecule has 0 unspecified atom stereocenters. The van der Waals surface area contributed by atoms with Gasteiger partial charge in [-0.1, -0.05) is 11.6 Å². The summed E-state index contributed by atoms with van der Waals surface area (Å²) < 4.78 is 32.2. The van der Waals surface area contributed by atoms with Crippen LogP contribution in [0.3, 0.4) is 0 Å². The van der Waals surface area contributed by atoms with Crippen molar-refractivity contribution in [2.75, 3.05) is 0 Å². The van der Waals surface area contributed by atoms with E-state index in [0.717, 1.165) is 5.56 Å². The number of carbonyl (C=O) groups is 1. The van der Waals surface area contributed by atoms with Crippen molar-refractivity contribution in [2.45, 2.75) is 45.6 Å². The maximum Gasteiger partial charge on any atom is 0.252 e. The van der Waals surface area contributed by atoms with Crippen molar-refractivity contribution in [1.29, 1.82) is 0 Å². The second-order valence-electron chi connectivity index (χ2n) is 13.0. The third-order valence-corrected chi connectivity index (χ3v) is 9.94. The first kappa shape index (κ1) is 30.1. The van der Waals surface area contributed by atoms with Crippen LogP contribution in [0.2, 0.25) is 15.5 Å². The van der Waals surface area contributed by atoms with Gasteiger partial charge in [-0.25, -0.2) is 18.7 Å². The molecule has 1 saturated heterocycles. The lowest BCUT2D eigenvalue weighted by Crippen LogP contribution is -2.89. The van der Waals surface area contributed by atoms with Crippen LogP contribution < -0.4 is 5.32 Å². The molecule has 0 saturated carbocycles. The smallest absolute Gasteiger partial charge is 0.252 e. The van der Waals surface area contributed by atoms with Crippen LogP contribution >= 0.6 is 11.6 Å². The number of hydrogen-bond acceptors (Lipinski definition) is 4. The number of piperidine rings is 1. The summed E-state index contributed by atoms with van der Waals surface area (Å²) in [6.45, 7) is 2.21. The molecule has 1 aromatic heterocycles. The van der Waals surface area contributed by atoms with E-state index in [2.05, 4.69) is 15.3 Å². The Balaban J connectivity index is 2.13. The van der Waals surface area contributed by atoms with Gasteiger partial charge in [0.15, 0.2) is 0 Å². The number of hydrogen-bond donors (Lipinski definition) is 1. The molecule has 18 heteroatoms. The Hall–Kier alpha value is -1.47. The van der Waals surface area contributed by atoms with Crippen LogP contribution in [0.5, 0.6) is 0 Å². The number of carbonyl (C=O) groups excluding carboxylic acids is 1. The van der Waals surface area contributed by atoms with Gasteiger partial charge in [-0.3, -0.25) is 4.79 Å². The Bertz CT molecular complexity index is 1190. The Labute approximate surface area is 233 Å². The number of nitrogens with zero attached hydrogens (tertiary/aromatic N) is 3. The zero-order valence-electron chi connectivity index (χ0n) is 24.0. The van der Waals surface area contributed by atoms with E-state index in [4.69, 9.17) is 11.6 Å². The fraction of sp³-hybridized carbons (Fsp3) is 0.421. The van der Waals surface area contributed by atoms with Crippen LogP contribution in [0, 0.1) is 12.7 Å². The van der Waals surface area contributed by atoms with E-state index < -0.39 is 37.9 Å². The van der Waals surface area contributed by atoms with Crippen molar-refractivity contribution in [3.63, 3.8) is 0 Å². The molecule has 0 atom stereocenters. The first-order chi connectivity index (χ1) is 16.7. The summed E-state index contributed by atoms with van der Waals surface area (Å²) in [7, 11) is 18.9. The lowest BCUT2D eigenvalue weighted by molar-refractivity contribution is -0.0348. The van der Waals surface area contributed by atoms with Crippen molar-refractivity contribution >= 4 is 96.0 Å². The van der Waals surface area contributed by atoms with E-state index in [1.807, 2.05) is 85.4 Å². The van der Waals surface area contributed by atoms with Gasteiger partial charge in [0.2, 0.25) is 0 Å². The van der Waals surface area contributed by atoms with Gasteiger partial charge in [-0.15, -0.1) is 0 Å². The van der Waals surface area contributed by atoms with Gasteiger partial charge < -0.3 is 10.2 Å². The number of halogens is 3. The van der Waals surface area contributed by atoms with Gasteiger partial charge >= 0.3 is 0 Å². The van der Waals surface area contributed by atoms with Crippen molar-refractivity contribution in [1.82, 2.24) is 20.2 Å². The lowest BCUT2D eigenvalue weighted by atomic mass is 9.11. The first-order valence-corrected chi connectivity index (χ1v) is 13.1. The maximum absolute atomic E-state index is 18.3. The van der Waals surface area contributed by atoms with Gasteiger partial charge in [0.1, 0.15) is 90.1 Å². The summed E-state index contributed by atoms with van der Waals surface area (Å²) >= 11 is 6.03. The molecule has 184 valence electrons. The number of amides is 1. The summed E-state index contributed by atoms with van der Waals surface area (Å²) in [6, 6.07) is 3.96. The van der Waals surface area contributed by atoms with E-state index in [9.17, 15) is 9.18 Å². The lowest BCUT2D eigenvalue weighted by Gasteiger charge is -2.77. The molecule has 2 heterocycles. The number of rotatable bonds is 5. The second kappa shape index (κ2) is 9.32. The molecule has 3 rings (SSSR count). The molecular weight excluding hydrogens is 482 g/mol. The van der Waals surface area contributed by atoms with E-state index in [1.54, 1.807) is 17.3 Å². The van der Waals surface area contributed by atoms with Gasteiger partial charge in [-0.05, 0) is 57.1 Å². The van der Waals surface area contributed by atoms with E-state index >= 15 is 4.39 Å². The molecule has 37 heavy (non-hydrogen) atoms. The molecule has 2 aromatic rings. The number of likely N-dealkylation sites (tertiary alicyclic amines) is 1. The number of benzene rings is 1. The molecule has 1 aliphatic rings. The van der Waals surface area contributed by atoms with Crippen LogP contribution in [0.15, 0.2) is 30.6 Å². The van der Waals surface area contributed by atoms with Crippen LogP contribution in [-0.2, 0) is 6.54 Å². The third-order valence-electron chi connectivity index (χ3n) is 9.65. The topological polar surface area (TPSA) is 58.1 Å². The number of aryl methyl sites for hydroxylation is 1. The van der Waals surface area contributed by atoms with Crippen molar-refractivity contribution in [3.05, 3.63) is 58.4 Å². The third kappa shape index (κ3) is 4.27. The predicted molar refractivity (Wildman–Crippen MR) is 174 cm³/mol. The Morgan fingerprint density at radius 2 is 1.51 bits per heavy atom. The van der Waals surface area contributed by atoms with E-state index in [-0.39, 0.29) is 16.5 Å². The minimum atomic E-state index is -1.83. The highest BCUT2D eigenvalue weighted by molar-refractivity contribution is 6.63. The normalized spacial score (nSPS) is 21.2. The Morgan fingerprint density at radius 3 is 1.97 bits per heavy atom.